The second-order valence-electron chi connectivity index (χ2n) is 5.40. The van der Waals surface area contributed by atoms with Crippen LogP contribution in [-0.4, -0.2) is 18.1 Å². The summed E-state index contributed by atoms with van der Waals surface area (Å²) < 4.78 is 5.86. The number of nitrogens with two attached hydrogens (primary N) is 1. The van der Waals surface area contributed by atoms with Gasteiger partial charge in [-0.15, -0.1) is 0 Å². The van der Waals surface area contributed by atoms with E-state index in [1.54, 1.807) is 0 Å². The predicted molar refractivity (Wildman–Crippen MR) is 87.0 cm³/mol. The quantitative estimate of drug-likeness (QED) is 0.597. The maximum absolute atomic E-state index is 5.86. The van der Waals surface area contributed by atoms with Gasteiger partial charge in [0.25, 0.3) is 0 Å². The van der Waals surface area contributed by atoms with E-state index >= 15 is 0 Å². The highest BCUT2D eigenvalue weighted by Crippen LogP contribution is 2.34. The highest BCUT2D eigenvalue weighted by Gasteiger charge is 2.21. The summed E-state index contributed by atoms with van der Waals surface area (Å²) in [7, 11) is 0. The van der Waals surface area contributed by atoms with E-state index in [-0.39, 0.29) is 6.04 Å². The SMILES string of the molecule is CCCOc1ccccc1C(CC1CCSCC1)NN. The molecule has 1 aliphatic heterocycles. The van der Waals surface area contributed by atoms with Crippen LogP contribution in [0.1, 0.15) is 44.2 Å². The minimum atomic E-state index is 0.191. The predicted octanol–water partition coefficient (Wildman–Crippen LogP) is 3.51. The normalized spacial score (nSPS) is 17.9. The van der Waals surface area contributed by atoms with Gasteiger partial charge in [-0.3, -0.25) is 11.3 Å². The second-order valence-corrected chi connectivity index (χ2v) is 6.62. The number of ether oxygens (including phenoxy) is 1. The molecule has 1 unspecified atom stereocenters. The molecule has 0 amide bonds. The van der Waals surface area contributed by atoms with Crippen molar-refractivity contribution in [2.45, 2.75) is 38.6 Å². The molecule has 3 N–H and O–H groups in total. The lowest BCUT2D eigenvalue weighted by atomic mass is 9.90. The number of nitrogens with one attached hydrogen (secondary N) is 1. The van der Waals surface area contributed by atoms with Crippen molar-refractivity contribution in [3.8, 4) is 5.75 Å². The Hall–Kier alpha value is -0.710. The molecule has 20 heavy (non-hydrogen) atoms. The summed E-state index contributed by atoms with van der Waals surface area (Å²) in [6.45, 7) is 2.88. The smallest absolute Gasteiger partial charge is 0.124 e. The van der Waals surface area contributed by atoms with E-state index in [4.69, 9.17) is 10.6 Å². The van der Waals surface area contributed by atoms with Crippen molar-refractivity contribution in [3.63, 3.8) is 0 Å². The van der Waals surface area contributed by atoms with E-state index < -0.39 is 0 Å². The van der Waals surface area contributed by atoms with Crippen molar-refractivity contribution in [1.82, 2.24) is 5.43 Å². The Bertz CT molecular complexity index is 394. The van der Waals surface area contributed by atoms with Crippen LogP contribution in [0.4, 0.5) is 0 Å². The maximum Gasteiger partial charge on any atom is 0.124 e. The fourth-order valence-corrected chi connectivity index (χ4v) is 3.92. The van der Waals surface area contributed by atoms with Gasteiger partial charge in [0.05, 0.1) is 6.61 Å². The molecule has 0 saturated carbocycles. The third-order valence-corrected chi connectivity index (χ3v) is 4.92. The van der Waals surface area contributed by atoms with Gasteiger partial charge in [0.15, 0.2) is 0 Å². The van der Waals surface area contributed by atoms with Gasteiger partial charge in [-0.25, -0.2) is 0 Å². The Balaban J connectivity index is 2.05. The zero-order valence-corrected chi connectivity index (χ0v) is 13.1. The topological polar surface area (TPSA) is 47.3 Å². The van der Waals surface area contributed by atoms with Crippen LogP contribution in [0.3, 0.4) is 0 Å². The molecule has 2 rings (SSSR count). The van der Waals surface area contributed by atoms with Crippen LogP contribution in [0.2, 0.25) is 0 Å². The van der Waals surface area contributed by atoms with Crippen molar-refractivity contribution in [2.75, 3.05) is 18.1 Å². The molecule has 1 aromatic rings. The van der Waals surface area contributed by atoms with Crippen LogP contribution in [0.25, 0.3) is 0 Å². The summed E-state index contributed by atoms with van der Waals surface area (Å²) in [5.74, 6) is 10.1. The lowest BCUT2D eigenvalue weighted by molar-refractivity contribution is 0.303. The zero-order chi connectivity index (χ0) is 14.2. The third kappa shape index (κ3) is 4.40. The average molecular weight is 294 g/mol. The monoisotopic (exact) mass is 294 g/mol. The lowest BCUT2D eigenvalue weighted by Crippen LogP contribution is -2.30. The first-order chi connectivity index (χ1) is 9.85. The van der Waals surface area contributed by atoms with Gasteiger partial charge in [-0.1, -0.05) is 25.1 Å². The van der Waals surface area contributed by atoms with Gasteiger partial charge >= 0.3 is 0 Å². The summed E-state index contributed by atoms with van der Waals surface area (Å²) in [6, 6.07) is 8.46. The van der Waals surface area contributed by atoms with Crippen molar-refractivity contribution >= 4 is 11.8 Å². The maximum atomic E-state index is 5.86. The molecular formula is C16H26N2OS. The molecule has 1 aromatic carbocycles. The molecule has 0 aliphatic carbocycles. The van der Waals surface area contributed by atoms with Gasteiger partial charge in [-0.2, -0.15) is 11.8 Å². The van der Waals surface area contributed by atoms with Crippen molar-refractivity contribution < 1.29 is 4.74 Å². The van der Waals surface area contributed by atoms with Gasteiger partial charge in [0, 0.05) is 11.6 Å². The Morgan fingerprint density at radius 3 is 2.80 bits per heavy atom. The summed E-state index contributed by atoms with van der Waals surface area (Å²) in [5, 5.41) is 0. The summed E-state index contributed by atoms with van der Waals surface area (Å²) >= 11 is 2.07. The molecule has 3 nitrogen and oxygen atoms in total. The molecule has 1 fully saturated rings. The first-order valence-corrected chi connectivity index (χ1v) is 8.76. The second kappa shape index (κ2) is 8.55. The molecule has 1 heterocycles. The van der Waals surface area contributed by atoms with E-state index in [0.717, 1.165) is 31.1 Å². The number of hydrogen-bond donors (Lipinski definition) is 2. The molecule has 1 aliphatic rings. The first-order valence-electron chi connectivity index (χ1n) is 7.60. The van der Waals surface area contributed by atoms with Crippen LogP contribution in [-0.2, 0) is 0 Å². The third-order valence-electron chi connectivity index (χ3n) is 3.87. The number of hydrogen-bond acceptors (Lipinski definition) is 4. The largest absolute Gasteiger partial charge is 0.493 e. The molecule has 0 spiro atoms. The Labute approximate surface area is 126 Å². The van der Waals surface area contributed by atoms with Gasteiger partial charge in [-0.05, 0) is 49.2 Å². The van der Waals surface area contributed by atoms with Gasteiger partial charge in [0.2, 0.25) is 0 Å². The van der Waals surface area contributed by atoms with Gasteiger partial charge in [0.1, 0.15) is 5.75 Å². The molecular weight excluding hydrogens is 268 g/mol. The minimum absolute atomic E-state index is 0.191. The minimum Gasteiger partial charge on any atom is -0.493 e. The number of rotatable bonds is 7. The fourth-order valence-electron chi connectivity index (χ4n) is 2.71. The summed E-state index contributed by atoms with van der Waals surface area (Å²) in [5.41, 5.74) is 4.19. The van der Waals surface area contributed by atoms with Crippen molar-refractivity contribution in [2.24, 2.45) is 11.8 Å². The molecule has 1 saturated heterocycles. The molecule has 1 atom stereocenters. The fraction of sp³-hybridized carbons (Fsp3) is 0.625. The molecule has 0 radical (unpaired) electrons. The van der Waals surface area contributed by atoms with Crippen molar-refractivity contribution in [1.29, 1.82) is 0 Å². The van der Waals surface area contributed by atoms with E-state index in [1.807, 2.05) is 12.1 Å². The van der Waals surface area contributed by atoms with E-state index in [1.165, 1.54) is 29.9 Å². The summed E-state index contributed by atoms with van der Waals surface area (Å²) in [4.78, 5) is 0. The Morgan fingerprint density at radius 2 is 2.10 bits per heavy atom. The molecule has 4 heteroatoms. The molecule has 0 aromatic heterocycles. The zero-order valence-electron chi connectivity index (χ0n) is 12.3. The summed E-state index contributed by atoms with van der Waals surface area (Å²) in [6.07, 6.45) is 4.74. The van der Waals surface area contributed by atoms with Crippen LogP contribution < -0.4 is 16.0 Å². The highest BCUT2D eigenvalue weighted by molar-refractivity contribution is 7.99. The number of benzene rings is 1. The Kier molecular flexibility index (Phi) is 6.70. The van der Waals surface area contributed by atoms with Crippen LogP contribution >= 0.6 is 11.8 Å². The number of thioether (sulfide) groups is 1. The first kappa shape index (κ1) is 15.7. The van der Waals surface area contributed by atoms with Crippen LogP contribution in [0.5, 0.6) is 5.75 Å². The van der Waals surface area contributed by atoms with Gasteiger partial charge < -0.3 is 4.74 Å². The van der Waals surface area contributed by atoms with Crippen molar-refractivity contribution in [3.05, 3.63) is 29.8 Å². The number of hydrazine groups is 1. The standard InChI is InChI=1S/C16H26N2OS/c1-2-9-19-16-6-4-3-5-14(16)15(18-17)12-13-7-10-20-11-8-13/h3-6,13,15,18H,2,7-12,17H2,1H3. The lowest BCUT2D eigenvalue weighted by Gasteiger charge is -2.27. The Morgan fingerprint density at radius 1 is 1.35 bits per heavy atom. The average Bonchev–Trinajstić information content (AvgIpc) is 2.52. The van der Waals surface area contributed by atoms with E-state index in [2.05, 4.69) is 36.2 Å². The highest BCUT2D eigenvalue weighted by atomic mass is 32.2. The molecule has 0 bridgehead atoms. The van der Waals surface area contributed by atoms with Crippen LogP contribution in [0.15, 0.2) is 24.3 Å². The number of para-hydroxylation sites is 1. The van der Waals surface area contributed by atoms with E-state index in [9.17, 15) is 0 Å². The molecule has 112 valence electrons. The van der Waals surface area contributed by atoms with E-state index in [0.29, 0.717) is 0 Å². The van der Waals surface area contributed by atoms with Crippen LogP contribution in [0, 0.1) is 5.92 Å².